The Labute approximate surface area is 114 Å². The molecule has 0 fully saturated rings. The van der Waals surface area contributed by atoms with E-state index in [4.69, 9.17) is 33.7 Å². The van der Waals surface area contributed by atoms with Crippen LogP contribution in [-0.2, 0) is 0 Å². The number of anilines is 1. The Morgan fingerprint density at radius 1 is 1.11 bits per heavy atom. The van der Waals surface area contributed by atoms with E-state index in [0.29, 0.717) is 10.8 Å². The molecule has 0 unspecified atom stereocenters. The zero-order valence-electron chi connectivity index (χ0n) is 9.51. The summed E-state index contributed by atoms with van der Waals surface area (Å²) in [4.78, 5) is 0. The lowest BCUT2D eigenvalue weighted by Gasteiger charge is -2.11. The smallest absolute Gasteiger partial charge is 0.153 e. The van der Waals surface area contributed by atoms with Crippen molar-refractivity contribution < 1.29 is 9.13 Å². The van der Waals surface area contributed by atoms with Crippen LogP contribution in [0.3, 0.4) is 0 Å². The molecule has 0 aromatic heterocycles. The Balaban J connectivity index is 2.37. The Morgan fingerprint density at radius 2 is 1.83 bits per heavy atom. The van der Waals surface area contributed by atoms with Crippen molar-refractivity contribution in [2.75, 3.05) is 5.73 Å². The lowest BCUT2D eigenvalue weighted by atomic mass is 10.2. The van der Waals surface area contributed by atoms with Gasteiger partial charge in [-0.3, -0.25) is 0 Å². The van der Waals surface area contributed by atoms with Crippen molar-refractivity contribution >= 4 is 28.9 Å². The first-order chi connectivity index (χ1) is 8.47. The molecule has 2 N–H and O–H groups in total. The molecule has 0 amide bonds. The summed E-state index contributed by atoms with van der Waals surface area (Å²) in [7, 11) is 0. The van der Waals surface area contributed by atoms with Crippen molar-refractivity contribution in [2.45, 2.75) is 6.92 Å². The number of benzene rings is 2. The third-order valence-electron chi connectivity index (χ3n) is 2.41. The zero-order chi connectivity index (χ0) is 13.3. The summed E-state index contributed by atoms with van der Waals surface area (Å²) < 4.78 is 18.9. The molecule has 94 valence electrons. The minimum Gasteiger partial charge on any atom is -0.455 e. The van der Waals surface area contributed by atoms with Gasteiger partial charge in [0, 0.05) is 11.1 Å². The Hall–Kier alpha value is -1.45. The summed E-state index contributed by atoms with van der Waals surface area (Å²) in [6, 6.07) is 7.61. The summed E-state index contributed by atoms with van der Waals surface area (Å²) in [6.45, 7) is 1.84. The van der Waals surface area contributed by atoms with Crippen molar-refractivity contribution in [3.8, 4) is 11.5 Å². The highest BCUT2D eigenvalue weighted by Crippen LogP contribution is 2.33. The molecule has 5 heteroatoms. The molecule has 2 rings (SSSR count). The van der Waals surface area contributed by atoms with Crippen molar-refractivity contribution in [3.63, 3.8) is 0 Å². The molecule has 0 radical (unpaired) electrons. The molecule has 0 saturated carbocycles. The van der Waals surface area contributed by atoms with Crippen molar-refractivity contribution in [1.82, 2.24) is 0 Å². The highest BCUT2D eigenvalue weighted by atomic mass is 35.5. The highest BCUT2D eigenvalue weighted by molar-refractivity contribution is 6.31. The molecule has 0 heterocycles. The van der Waals surface area contributed by atoms with E-state index in [0.717, 1.165) is 11.6 Å². The van der Waals surface area contributed by atoms with Crippen LogP contribution < -0.4 is 10.5 Å². The summed E-state index contributed by atoms with van der Waals surface area (Å²) in [6.07, 6.45) is 0. The highest BCUT2D eigenvalue weighted by Gasteiger charge is 2.09. The Morgan fingerprint density at radius 3 is 2.50 bits per heavy atom. The van der Waals surface area contributed by atoms with Gasteiger partial charge in [0.25, 0.3) is 0 Å². The quantitative estimate of drug-likeness (QED) is 0.803. The molecule has 18 heavy (non-hydrogen) atoms. The van der Waals surface area contributed by atoms with Crippen LogP contribution in [0.1, 0.15) is 5.56 Å². The number of hydrogen-bond donors (Lipinski definition) is 1. The molecule has 2 aromatic rings. The van der Waals surface area contributed by atoms with Crippen LogP contribution in [-0.4, -0.2) is 0 Å². The maximum Gasteiger partial charge on any atom is 0.153 e. The third kappa shape index (κ3) is 2.68. The number of nitrogen functional groups attached to an aromatic ring is 1. The number of hydrogen-bond acceptors (Lipinski definition) is 2. The molecule has 0 spiro atoms. The maximum absolute atomic E-state index is 13.3. The van der Waals surface area contributed by atoms with E-state index in [1.807, 2.05) is 6.92 Å². The first kappa shape index (κ1) is 13.0. The first-order valence-electron chi connectivity index (χ1n) is 5.16. The van der Waals surface area contributed by atoms with Gasteiger partial charge < -0.3 is 10.5 Å². The summed E-state index contributed by atoms with van der Waals surface area (Å²) in [5.74, 6) is 0.211. The van der Waals surface area contributed by atoms with E-state index in [9.17, 15) is 4.39 Å². The molecule has 0 aliphatic carbocycles. The van der Waals surface area contributed by atoms with Gasteiger partial charge in [0.05, 0.1) is 10.7 Å². The minimum absolute atomic E-state index is 0.0346. The molecule has 0 aliphatic rings. The van der Waals surface area contributed by atoms with E-state index >= 15 is 0 Å². The summed E-state index contributed by atoms with van der Waals surface area (Å²) >= 11 is 11.5. The van der Waals surface area contributed by atoms with E-state index in [1.165, 1.54) is 6.07 Å². The lowest BCUT2D eigenvalue weighted by molar-refractivity contribution is 0.475. The summed E-state index contributed by atoms with van der Waals surface area (Å²) in [5, 5.41) is 0.572. The molecule has 0 saturated heterocycles. The van der Waals surface area contributed by atoms with Gasteiger partial charge in [0.1, 0.15) is 11.6 Å². The van der Waals surface area contributed by atoms with E-state index in [2.05, 4.69) is 0 Å². The Bertz CT molecular complexity index is 602. The molecule has 0 bridgehead atoms. The average molecular weight is 286 g/mol. The molecular weight excluding hydrogens is 276 g/mol. The molecule has 2 aromatic carbocycles. The van der Waals surface area contributed by atoms with Crippen LogP contribution in [0, 0.1) is 12.7 Å². The monoisotopic (exact) mass is 285 g/mol. The fraction of sp³-hybridized carbons (Fsp3) is 0.0769. The van der Waals surface area contributed by atoms with Gasteiger partial charge in [0.2, 0.25) is 0 Å². The second-order valence-corrected chi connectivity index (χ2v) is 4.66. The Kier molecular flexibility index (Phi) is 3.64. The normalized spacial score (nSPS) is 10.4. The molecule has 0 atom stereocenters. The fourth-order valence-electron chi connectivity index (χ4n) is 1.48. The fourth-order valence-corrected chi connectivity index (χ4v) is 1.88. The van der Waals surface area contributed by atoms with E-state index in [1.54, 1.807) is 18.2 Å². The van der Waals surface area contributed by atoms with Gasteiger partial charge in [-0.1, -0.05) is 23.2 Å². The van der Waals surface area contributed by atoms with Crippen LogP contribution in [0.4, 0.5) is 10.1 Å². The second-order valence-electron chi connectivity index (χ2n) is 3.82. The van der Waals surface area contributed by atoms with Crippen molar-refractivity contribution in [3.05, 3.63) is 51.8 Å². The SMILES string of the molecule is Cc1cc(Cl)ccc1Oc1cc(F)c(Cl)cc1N. The largest absolute Gasteiger partial charge is 0.455 e. The van der Waals surface area contributed by atoms with Gasteiger partial charge in [0.15, 0.2) is 5.75 Å². The van der Waals surface area contributed by atoms with Crippen molar-refractivity contribution in [2.24, 2.45) is 0 Å². The van der Waals surface area contributed by atoms with E-state index in [-0.39, 0.29) is 16.5 Å². The molecule has 0 aliphatic heterocycles. The number of halogens is 3. The molecular formula is C13H10Cl2FNO. The van der Waals surface area contributed by atoms with Gasteiger partial charge in [-0.25, -0.2) is 4.39 Å². The van der Waals surface area contributed by atoms with Crippen LogP contribution >= 0.6 is 23.2 Å². The number of nitrogens with two attached hydrogens (primary N) is 1. The van der Waals surface area contributed by atoms with Crippen molar-refractivity contribution in [1.29, 1.82) is 0 Å². The van der Waals surface area contributed by atoms with Gasteiger partial charge in [-0.15, -0.1) is 0 Å². The topological polar surface area (TPSA) is 35.2 Å². The van der Waals surface area contributed by atoms with Gasteiger partial charge >= 0.3 is 0 Å². The molecule has 2 nitrogen and oxygen atoms in total. The second kappa shape index (κ2) is 5.04. The number of ether oxygens (including phenoxy) is 1. The minimum atomic E-state index is -0.576. The van der Waals surface area contributed by atoms with Crippen LogP contribution in [0.25, 0.3) is 0 Å². The maximum atomic E-state index is 13.3. The zero-order valence-corrected chi connectivity index (χ0v) is 11.0. The predicted octanol–water partition coefficient (Wildman–Crippen LogP) is 4.82. The van der Waals surface area contributed by atoms with Crippen LogP contribution in [0.15, 0.2) is 30.3 Å². The predicted molar refractivity (Wildman–Crippen MR) is 72.1 cm³/mol. The number of aryl methyl sites for hydroxylation is 1. The van der Waals surface area contributed by atoms with Crippen LogP contribution in [0.2, 0.25) is 10.0 Å². The first-order valence-corrected chi connectivity index (χ1v) is 5.91. The average Bonchev–Trinajstić information content (AvgIpc) is 2.29. The van der Waals surface area contributed by atoms with E-state index < -0.39 is 5.82 Å². The van der Waals surface area contributed by atoms with Gasteiger partial charge in [-0.05, 0) is 36.8 Å². The standard InChI is InChI=1S/C13H10Cl2FNO/c1-7-4-8(14)2-3-12(7)18-13-6-10(16)9(15)5-11(13)17/h2-6H,17H2,1H3. The number of rotatable bonds is 2. The third-order valence-corrected chi connectivity index (χ3v) is 2.93. The summed E-state index contributed by atoms with van der Waals surface area (Å²) in [5.41, 5.74) is 6.82. The van der Waals surface area contributed by atoms with Crippen LogP contribution in [0.5, 0.6) is 11.5 Å². The van der Waals surface area contributed by atoms with Gasteiger partial charge in [-0.2, -0.15) is 0 Å². The lowest BCUT2D eigenvalue weighted by Crippen LogP contribution is -1.95.